The molecular weight excluding hydrogens is 388 g/mol. The van der Waals surface area contributed by atoms with E-state index >= 15 is 0 Å². The van der Waals surface area contributed by atoms with Gasteiger partial charge in [-0.2, -0.15) is 0 Å². The second kappa shape index (κ2) is 9.31. The molecular formula is C22H30N2O4S. The molecule has 1 amide bonds. The molecule has 0 radical (unpaired) electrons. The molecule has 0 saturated carbocycles. The number of aryl methyl sites for hydroxylation is 2. The second-order valence-corrected chi connectivity index (χ2v) is 9.29. The molecule has 0 heterocycles. The zero-order valence-corrected chi connectivity index (χ0v) is 18.7. The van der Waals surface area contributed by atoms with Gasteiger partial charge in [-0.05, 0) is 69.5 Å². The molecule has 1 N–H and O–H groups in total. The SMILES string of the molecule is CCC(C(=O)Nc1cccc(OC(C)C)c1)N(c1ccc(C)c(C)c1)S(C)(=O)=O. The van der Waals surface area contributed by atoms with Crippen molar-refractivity contribution in [2.24, 2.45) is 0 Å². The van der Waals surface area contributed by atoms with Crippen molar-refractivity contribution < 1.29 is 17.9 Å². The lowest BCUT2D eigenvalue weighted by Gasteiger charge is -2.30. The third-order valence-electron chi connectivity index (χ3n) is 4.55. The summed E-state index contributed by atoms with van der Waals surface area (Å²) in [4.78, 5) is 13.0. The largest absolute Gasteiger partial charge is 0.491 e. The quantitative estimate of drug-likeness (QED) is 0.694. The molecule has 6 nitrogen and oxygen atoms in total. The van der Waals surface area contributed by atoms with Crippen LogP contribution in [0, 0.1) is 13.8 Å². The number of rotatable bonds is 8. The van der Waals surface area contributed by atoms with Crippen molar-refractivity contribution in [2.75, 3.05) is 15.9 Å². The number of hydrogen-bond donors (Lipinski definition) is 1. The Balaban J connectivity index is 2.35. The number of carbonyl (C=O) groups excluding carboxylic acids is 1. The molecule has 0 saturated heterocycles. The molecule has 0 aliphatic heterocycles. The first-order chi connectivity index (χ1) is 13.5. The van der Waals surface area contributed by atoms with E-state index in [1.54, 1.807) is 37.3 Å². The lowest BCUT2D eigenvalue weighted by Crippen LogP contribution is -2.47. The summed E-state index contributed by atoms with van der Waals surface area (Å²) in [5.41, 5.74) is 3.06. The van der Waals surface area contributed by atoms with E-state index in [1.807, 2.05) is 39.8 Å². The molecule has 0 aliphatic carbocycles. The lowest BCUT2D eigenvalue weighted by molar-refractivity contribution is -0.117. The van der Waals surface area contributed by atoms with E-state index < -0.39 is 22.0 Å². The number of nitrogens with one attached hydrogen (secondary N) is 1. The highest BCUT2D eigenvalue weighted by molar-refractivity contribution is 7.92. The summed E-state index contributed by atoms with van der Waals surface area (Å²) in [5.74, 6) is 0.248. The van der Waals surface area contributed by atoms with Gasteiger partial charge >= 0.3 is 0 Å². The molecule has 158 valence electrons. The number of hydrogen-bond acceptors (Lipinski definition) is 4. The predicted molar refractivity (Wildman–Crippen MR) is 118 cm³/mol. The number of benzene rings is 2. The minimum Gasteiger partial charge on any atom is -0.491 e. The molecule has 0 aliphatic rings. The lowest BCUT2D eigenvalue weighted by atomic mass is 10.1. The van der Waals surface area contributed by atoms with Crippen molar-refractivity contribution in [3.8, 4) is 5.75 Å². The van der Waals surface area contributed by atoms with Gasteiger partial charge in [0.1, 0.15) is 11.8 Å². The van der Waals surface area contributed by atoms with Crippen LogP contribution >= 0.6 is 0 Å². The van der Waals surface area contributed by atoms with Crippen molar-refractivity contribution in [3.63, 3.8) is 0 Å². The van der Waals surface area contributed by atoms with E-state index in [0.717, 1.165) is 17.4 Å². The van der Waals surface area contributed by atoms with Gasteiger partial charge in [-0.1, -0.05) is 19.1 Å². The van der Waals surface area contributed by atoms with Crippen LogP contribution in [-0.4, -0.2) is 32.7 Å². The van der Waals surface area contributed by atoms with Crippen LogP contribution in [0.3, 0.4) is 0 Å². The Morgan fingerprint density at radius 2 is 1.79 bits per heavy atom. The summed E-state index contributed by atoms with van der Waals surface area (Å²) in [6.07, 6.45) is 1.46. The highest BCUT2D eigenvalue weighted by Gasteiger charge is 2.31. The molecule has 1 unspecified atom stereocenters. The van der Waals surface area contributed by atoms with Gasteiger partial charge < -0.3 is 10.1 Å². The normalized spacial score (nSPS) is 12.5. The first-order valence-electron chi connectivity index (χ1n) is 9.67. The van der Waals surface area contributed by atoms with E-state index in [1.165, 1.54) is 4.31 Å². The first kappa shape index (κ1) is 22.7. The topological polar surface area (TPSA) is 75.7 Å². The zero-order valence-electron chi connectivity index (χ0n) is 17.9. The van der Waals surface area contributed by atoms with Crippen LogP contribution in [-0.2, 0) is 14.8 Å². The number of amides is 1. The second-order valence-electron chi connectivity index (χ2n) is 7.44. The summed E-state index contributed by atoms with van der Waals surface area (Å²) < 4.78 is 32.0. The van der Waals surface area contributed by atoms with Gasteiger partial charge in [-0.3, -0.25) is 9.10 Å². The van der Waals surface area contributed by atoms with Crippen LogP contribution < -0.4 is 14.4 Å². The van der Waals surface area contributed by atoms with Crippen LogP contribution in [0.2, 0.25) is 0 Å². The van der Waals surface area contributed by atoms with Gasteiger partial charge in [0, 0.05) is 11.8 Å². The summed E-state index contributed by atoms with van der Waals surface area (Å²) in [6.45, 7) is 9.51. The minimum atomic E-state index is -3.67. The Labute approximate surface area is 173 Å². The smallest absolute Gasteiger partial charge is 0.248 e. The fourth-order valence-corrected chi connectivity index (χ4v) is 4.27. The van der Waals surface area contributed by atoms with Crippen LogP contribution in [0.4, 0.5) is 11.4 Å². The average Bonchev–Trinajstić information content (AvgIpc) is 2.60. The maximum absolute atomic E-state index is 13.0. The highest BCUT2D eigenvalue weighted by Crippen LogP contribution is 2.26. The van der Waals surface area contributed by atoms with Crippen LogP contribution in [0.5, 0.6) is 5.75 Å². The van der Waals surface area contributed by atoms with Gasteiger partial charge in [-0.15, -0.1) is 0 Å². The predicted octanol–water partition coefficient (Wildman–Crippen LogP) is 4.27. The molecule has 2 rings (SSSR count). The first-order valence-corrected chi connectivity index (χ1v) is 11.5. The number of carbonyl (C=O) groups is 1. The molecule has 2 aromatic rings. The van der Waals surface area contributed by atoms with E-state index in [-0.39, 0.29) is 6.10 Å². The zero-order chi connectivity index (χ0) is 21.8. The molecule has 0 fully saturated rings. The Hall–Kier alpha value is -2.54. The monoisotopic (exact) mass is 418 g/mol. The Kier molecular flexibility index (Phi) is 7.30. The average molecular weight is 419 g/mol. The van der Waals surface area contributed by atoms with Crippen LogP contribution in [0.25, 0.3) is 0 Å². The standard InChI is InChI=1S/C22H30N2O4S/c1-7-21(22(25)23-18-9-8-10-20(14-18)28-15(2)3)24(29(6,26)27)19-12-11-16(4)17(5)13-19/h8-15,21H,7H2,1-6H3,(H,23,25). The summed E-state index contributed by atoms with van der Waals surface area (Å²) in [7, 11) is -3.67. The number of nitrogens with zero attached hydrogens (tertiary/aromatic N) is 1. The molecule has 2 aromatic carbocycles. The number of sulfonamides is 1. The van der Waals surface area contributed by atoms with Crippen molar-refractivity contribution in [1.82, 2.24) is 0 Å². The third kappa shape index (κ3) is 5.97. The number of ether oxygens (including phenoxy) is 1. The van der Waals surface area contributed by atoms with E-state index in [4.69, 9.17) is 4.74 Å². The molecule has 1 atom stereocenters. The Bertz CT molecular complexity index is 971. The molecule has 7 heteroatoms. The molecule has 0 aromatic heterocycles. The maximum Gasteiger partial charge on any atom is 0.248 e. The Morgan fingerprint density at radius 3 is 2.34 bits per heavy atom. The van der Waals surface area contributed by atoms with E-state index in [0.29, 0.717) is 23.5 Å². The summed E-state index contributed by atoms with van der Waals surface area (Å²) >= 11 is 0. The van der Waals surface area contributed by atoms with Gasteiger partial charge in [0.05, 0.1) is 18.0 Å². The third-order valence-corrected chi connectivity index (χ3v) is 5.73. The van der Waals surface area contributed by atoms with Crippen molar-refractivity contribution in [3.05, 3.63) is 53.6 Å². The van der Waals surface area contributed by atoms with Gasteiger partial charge in [-0.25, -0.2) is 8.42 Å². The minimum absolute atomic E-state index is 0.00912. The fraction of sp³-hybridized carbons (Fsp3) is 0.409. The molecule has 0 spiro atoms. The van der Waals surface area contributed by atoms with Crippen molar-refractivity contribution in [2.45, 2.75) is 53.2 Å². The van der Waals surface area contributed by atoms with Crippen molar-refractivity contribution >= 4 is 27.3 Å². The van der Waals surface area contributed by atoms with Crippen LogP contribution in [0.15, 0.2) is 42.5 Å². The Morgan fingerprint density at radius 1 is 1.10 bits per heavy atom. The van der Waals surface area contributed by atoms with Gasteiger partial charge in [0.15, 0.2) is 0 Å². The number of anilines is 2. The fourth-order valence-electron chi connectivity index (χ4n) is 3.07. The molecule has 0 bridgehead atoms. The molecule has 29 heavy (non-hydrogen) atoms. The van der Waals surface area contributed by atoms with E-state index in [9.17, 15) is 13.2 Å². The van der Waals surface area contributed by atoms with E-state index in [2.05, 4.69) is 5.32 Å². The van der Waals surface area contributed by atoms with Gasteiger partial charge in [0.2, 0.25) is 15.9 Å². The van der Waals surface area contributed by atoms with Gasteiger partial charge in [0.25, 0.3) is 0 Å². The van der Waals surface area contributed by atoms with Crippen molar-refractivity contribution in [1.29, 1.82) is 0 Å². The highest BCUT2D eigenvalue weighted by atomic mass is 32.2. The summed E-state index contributed by atoms with van der Waals surface area (Å²) in [6, 6.07) is 11.6. The maximum atomic E-state index is 13.0. The summed E-state index contributed by atoms with van der Waals surface area (Å²) in [5, 5.41) is 2.83. The van der Waals surface area contributed by atoms with Crippen LogP contribution in [0.1, 0.15) is 38.3 Å².